The Balaban J connectivity index is 1.51. The van der Waals surface area contributed by atoms with Crippen molar-refractivity contribution in [3.63, 3.8) is 0 Å². The van der Waals surface area contributed by atoms with E-state index in [0.717, 1.165) is 36.3 Å². The Hall–Kier alpha value is -3.03. The second-order valence-corrected chi connectivity index (χ2v) is 13.6. The van der Waals surface area contributed by atoms with Crippen molar-refractivity contribution in [2.45, 2.75) is 123 Å². The van der Waals surface area contributed by atoms with Crippen LogP contribution in [-0.4, -0.2) is 41.7 Å². The molecular formula is C42H60N2O4. The first-order valence-electron chi connectivity index (χ1n) is 18.7. The molecule has 1 aliphatic heterocycles. The third kappa shape index (κ3) is 12.1. The van der Waals surface area contributed by atoms with Crippen molar-refractivity contribution >= 4 is 11.6 Å². The highest BCUT2D eigenvalue weighted by Gasteiger charge is 2.39. The predicted molar refractivity (Wildman–Crippen MR) is 197 cm³/mol. The molecule has 2 N–H and O–H groups in total. The highest BCUT2D eigenvalue weighted by atomic mass is 16.7. The van der Waals surface area contributed by atoms with E-state index in [9.17, 15) is 9.90 Å². The van der Waals surface area contributed by atoms with Gasteiger partial charge in [-0.15, -0.1) is 0 Å². The van der Waals surface area contributed by atoms with E-state index >= 15 is 0 Å². The summed E-state index contributed by atoms with van der Waals surface area (Å²) in [7, 11) is 0. The van der Waals surface area contributed by atoms with E-state index in [1.165, 1.54) is 77.0 Å². The summed E-state index contributed by atoms with van der Waals surface area (Å²) in [6.07, 6.45) is 14.7. The van der Waals surface area contributed by atoms with Gasteiger partial charge in [0.25, 0.3) is 5.91 Å². The molecule has 4 rings (SSSR count). The molecule has 0 unspecified atom stereocenters. The lowest BCUT2D eigenvalue weighted by atomic mass is 9.90. The summed E-state index contributed by atoms with van der Waals surface area (Å²) in [5.74, 6) is -0.0228. The van der Waals surface area contributed by atoms with E-state index in [-0.39, 0.29) is 30.6 Å². The third-order valence-corrected chi connectivity index (χ3v) is 9.67. The van der Waals surface area contributed by atoms with Crippen molar-refractivity contribution < 1.29 is 19.4 Å². The quantitative estimate of drug-likeness (QED) is 0.112. The second kappa shape index (κ2) is 21.1. The van der Waals surface area contributed by atoms with Crippen molar-refractivity contribution in [3.05, 3.63) is 101 Å². The van der Waals surface area contributed by atoms with Crippen LogP contribution in [0.5, 0.6) is 0 Å². The first kappa shape index (κ1) is 37.8. The third-order valence-electron chi connectivity index (χ3n) is 9.67. The van der Waals surface area contributed by atoms with Gasteiger partial charge in [0.2, 0.25) is 0 Å². The van der Waals surface area contributed by atoms with Gasteiger partial charge in [-0.05, 0) is 61.3 Å². The molecule has 3 aromatic rings. The second-order valence-electron chi connectivity index (χ2n) is 13.6. The lowest BCUT2D eigenvalue weighted by molar-refractivity contribution is -0.276. The van der Waals surface area contributed by atoms with Crippen LogP contribution in [0.25, 0.3) is 0 Å². The first-order chi connectivity index (χ1) is 23.5. The van der Waals surface area contributed by atoms with Crippen molar-refractivity contribution in [2.75, 3.05) is 25.0 Å². The Morgan fingerprint density at radius 3 is 1.98 bits per heavy atom. The molecule has 1 saturated heterocycles. The molecule has 6 nitrogen and oxygen atoms in total. The molecule has 1 amide bonds. The lowest BCUT2D eigenvalue weighted by Crippen LogP contribution is -2.45. The van der Waals surface area contributed by atoms with Gasteiger partial charge in [0.15, 0.2) is 6.29 Å². The average Bonchev–Trinajstić information content (AvgIpc) is 3.12. The van der Waals surface area contributed by atoms with Crippen LogP contribution in [-0.2, 0) is 16.1 Å². The highest BCUT2D eigenvalue weighted by molar-refractivity contribution is 6.04. The number of nitrogens with one attached hydrogen (secondary N) is 1. The number of amides is 1. The topological polar surface area (TPSA) is 71.0 Å². The maximum atomic E-state index is 12.9. The van der Waals surface area contributed by atoms with E-state index in [1.54, 1.807) is 0 Å². The minimum Gasteiger partial charge on any atom is -0.392 e. The van der Waals surface area contributed by atoms with Crippen LogP contribution in [0.4, 0.5) is 5.69 Å². The largest absolute Gasteiger partial charge is 0.392 e. The number of aliphatic hydroxyl groups excluding tert-OH is 1. The van der Waals surface area contributed by atoms with Crippen molar-refractivity contribution in [3.8, 4) is 0 Å². The fraction of sp³-hybridized carbons (Fsp3) is 0.548. The van der Waals surface area contributed by atoms with Crippen LogP contribution in [0.15, 0.2) is 78.9 Å². The zero-order valence-corrected chi connectivity index (χ0v) is 29.7. The van der Waals surface area contributed by atoms with E-state index in [4.69, 9.17) is 9.47 Å². The number of ether oxygens (including phenoxy) is 2. The molecule has 3 aromatic carbocycles. The Bertz CT molecular complexity index is 1300. The minimum absolute atomic E-state index is 0.0169. The number of rotatable bonds is 21. The molecule has 1 fully saturated rings. The van der Waals surface area contributed by atoms with Crippen molar-refractivity contribution in [1.82, 2.24) is 4.90 Å². The maximum Gasteiger partial charge on any atom is 0.255 e. The predicted octanol–water partition coefficient (Wildman–Crippen LogP) is 10.2. The zero-order chi connectivity index (χ0) is 34.0. The molecule has 1 heterocycles. The lowest BCUT2D eigenvalue weighted by Gasteiger charge is -2.43. The van der Waals surface area contributed by atoms with Gasteiger partial charge in [0.05, 0.1) is 18.8 Å². The number of aliphatic hydroxyl groups is 1. The molecule has 0 aliphatic carbocycles. The van der Waals surface area contributed by atoms with Crippen LogP contribution in [0.2, 0.25) is 0 Å². The summed E-state index contributed by atoms with van der Waals surface area (Å²) in [6, 6.07) is 25.2. The van der Waals surface area contributed by atoms with Crippen molar-refractivity contribution in [2.24, 2.45) is 5.92 Å². The van der Waals surface area contributed by atoms with Gasteiger partial charge in [-0.2, -0.15) is 0 Å². The van der Waals surface area contributed by atoms with Gasteiger partial charge in [-0.1, -0.05) is 140 Å². The maximum absolute atomic E-state index is 12.9. The van der Waals surface area contributed by atoms with Gasteiger partial charge in [-0.3, -0.25) is 4.79 Å². The SMILES string of the molecule is CCCCCCCCN(CCCCCCCC)C[C@@H]1O[C@H](c2cccc(NC(=O)c3ccccc3)c2)O[C@H](c2ccc(CO)cc2)[C@@H]1C. The Morgan fingerprint density at radius 2 is 1.35 bits per heavy atom. The van der Waals surface area contributed by atoms with E-state index < -0.39 is 6.29 Å². The molecule has 0 aromatic heterocycles. The minimum atomic E-state index is -0.577. The number of hydrogen-bond donors (Lipinski definition) is 2. The fourth-order valence-corrected chi connectivity index (χ4v) is 6.66. The Kier molecular flexibility index (Phi) is 16.6. The van der Waals surface area contributed by atoms with E-state index in [2.05, 4.69) is 43.1 Å². The van der Waals surface area contributed by atoms with Gasteiger partial charge in [0.1, 0.15) is 0 Å². The van der Waals surface area contributed by atoms with Crippen LogP contribution in [0.1, 0.15) is 137 Å². The van der Waals surface area contributed by atoms with Gasteiger partial charge < -0.3 is 24.8 Å². The summed E-state index contributed by atoms with van der Waals surface area (Å²) in [5, 5.41) is 12.7. The molecule has 0 saturated carbocycles. The van der Waals surface area contributed by atoms with Crippen LogP contribution in [0.3, 0.4) is 0 Å². The molecular weight excluding hydrogens is 596 g/mol. The molecule has 262 valence electrons. The van der Waals surface area contributed by atoms with Gasteiger partial charge in [0, 0.05) is 29.3 Å². The number of hydrogen-bond acceptors (Lipinski definition) is 5. The highest BCUT2D eigenvalue weighted by Crippen LogP contribution is 2.42. The summed E-state index contributed by atoms with van der Waals surface area (Å²) in [6.45, 7) is 9.86. The zero-order valence-electron chi connectivity index (χ0n) is 29.7. The summed E-state index contributed by atoms with van der Waals surface area (Å²) >= 11 is 0. The number of benzene rings is 3. The standard InChI is InChI=1S/C42H60N2O4/c1-4-6-8-10-12-17-28-44(29-18-13-11-9-7-5-2)31-39-33(3)40(35-26-24-34(32-45)25-27-35)48-42(47-39)37-22-19-23-38(30-37)43-41(46)36-20-15-14-16-21-36/h14-16,19-27,30,33,39-40,42,45H,4-13,17-18,28-29,31-32H2,1-3H3,(H,43,46)/t33-,39+,40+,42+/m1/s1. The molecule has 4 atom stereocenters. The number of carbonyl (C=O) groups is 1. The Morgan fingerprint density at radius 1 is 0.729 bits per heavy atom. The van der Waals surface area contributed by atoms with E-state index in [1.807, 2.05) is 66.7 Å². The molecule has 0 bridgehead atoms. The summed E-state index contributed by atoms with van der Waals surface area (Å²) in [5.41, 5.74) is 4.18. The number of nitrogens with zero attached hydrogens (tertiary/aromatic N) is 1. The molecule has 0 spiro atoms. The van der Waals surface area contributed by atoms with Crippen LogP contribution in [0, 0.1) is 5.92 Å². The number of carbonyl (C=O) groups excluding carboxylic acids is 1. The van der Waals surface area contributed by atoms with E-state index in [0.29, 0.717) is 11.3 Å². The van der Waals surface area contributed by atoms with Gasteiger partial charge in [-0.25, -0.2) is 0 Å². The molecule has 1 aliphatic rings. The number of unbranched alkanes of at least 4 members (excludes halogenated alkanes) is 10. The number of anilines is 1. The molecule has 48 heavy (non-hydrogen) atoms. The normalized spacial score (nSPS) is 19.4. The van der Waals surface area contributed by atoms with Crippen LogP contribution >= 0.6 is 0 Å². The Labute approximate surface area is 290 Å². The van der Waals surface area contributed by atoms with Crippen LogP contribution < -0.4 is 5.32 Å². The average molecular weight is 657 g/mol. The monoisotopic (exact) mass is 656 g/mol. The molecule has 6 heteroatoms. The smallest absolute Gasteiger partial charge is 0.255 e. The van der Waals surface area contributed by atoms with Crippen molar-refractivity contribution in [1.29, 1.82) is 0 Å². The summed E-state index contributed by atoms with van der Waals surface area (Å²) in [4.78, 5) is 15.6. The summed E-state index contributed by atoms with van der Waals surface area (Å²) < 4.78 is 13.6. The molecule has 0 radical (unpaired) electrons. The fourth-order valence-electron chi connectivity index (χ4n) is 6.66. The van der Waals surface area contributed by atoms with Gasteiger partial charge >= 0.3 is 0 Å². The first-order valence-corrected chi connectivity index (χ1v) is 18.7.